The van der Waals surface area contributed by atoms with Gasteiger partial charge in [-0.3, -0.25) is 14.5 Å². The fraction of sp³-hybridized carbons (Fsp3) is 0.200. The smallest absolute Gasteiger partial charge is 0.258 e. The maximum Gasteiger partial charge on any atom is 0.258 e. The van der Waals surface area contributed by atoms with Gasteiger partial charge in [0, 0.05) is 5.02 Å². The van der Waals surface area contributed by atoms with Crippen LogP contribution in [0.3, 0.4) is 0 Å². The van der Waals surface area contributed by atoms with Crippen molar-refractivity contribution in [3.63, 3.8) is 0 Å². The molecule has 0 unspecified atom stereocenters. The van der Waals surface area contributed by atoms with Gasteiger partial charge in [0.1, 0.15) is 11.6 Å². The Hall–Kier alpha value is -3.03. The molecule has 2 aromatic heterocycles. The summed E-state index contributed by atoms with van der Waals surface area (Å²) in [5, 5.41) is 1.59. The van der Waals surface area contributed by atoms with E-state index in [9.17, 15) is 9.59 Å². The predicted octanol–water partition coefficient (Wildman–Crippen LogP) is 2.84. The Morgan fingerprint density at radius 1 is 0.893 bits per heavy atom. The molecule has 4 rings (SSSR count). The molecule has 0 spiro atoms. The lowest BCUT2D eigenvalue weighted by molar-refractivity contribution is 0.258. The highest BCUT2D eigenvalue weighted by atomic mass is 35.5. The van der Waals surface area contributed by atoms with Crippen molar-refractivity contribution in [1.29, 1.82) is 0 Å². The first-order chi connectivity index (χ1) is 13.5. The summed E-state index contributed by atoms with van der Waals surface area (Å²) in [6, 6.07) is 12.2. The van der Waals surface area contributed by atoms with Gasteiger partial charge in [0.05, 0.1) is 34.9 Å². The van der Waals surface area contributed by atoms with Crippen LogP contribution in [0.25, 0.3) is 21.8 Å². The zero-order valence-electron chi connectivity index (χ0n) is 15.2. The quantitative estimate of drug-likeness (QED) is 0.541. The highest BCUT2D eigenvalue weighted by Crippen LogP contribution is 2.15. The van der Waals surface area contributed by atoms with Crippen molar-refractivity contribution in [3.05, 3.63) is 79.8 Å². The van der Waals surface area contributed by atoms with Crippen molar-refractivity contribution in [1.82, 2.24) is 24.8 Å². The maximum absolute atomic E-state index is 12.3. The summed E-state index contributed by atoms with van der Waals surface area (Å²) < 4.78 is 0. The molecule has 0 aliphatic carbocycles. The Morgan fingerprint density at radius 2 is 1.50 bits per heavy atom. The Bertz CT molecular complexity index is 1280. The minimum atomic E-state index is -0.204. The molecule has 0 fully saturated rings. The predicted molar refractivity (Wildman–Crippen MR) is 110 cm³/mol. The van der Waals surface area contributed by atoms with Crippen molar-refractivity contribution in [2.24, 2.45) is 0 Å². The molecule has 2 aromatic carbocycles. The number of nitrogens with one attached hydrogen (secondary N) is 2. The zero-order valence-corrected chi connectivity index (χ0v) is 16.0. The molecule has 0 saturated heterocycles. The monoisotopic (exact) mass is 395 g/mol. The third-order valence-electron chi connectivity index (χ3n) is 4.57. The van der Waals surface area contributed by atoms with E-state index in [-0.39, 0.29) is 11.1 Å². The van der Waals surface area contributed by atoms with Gasteiger partial charge in [0.15, 0.2) is 0 Å². The van der Waals surface area contributed by atoms with Crippen LogP contribution in [0.4, 0.5) is 0 Å². The normalized spacial score (nSPS) is 11.5. The van der Waals surface area contributed by atoms with Crippen molar-refractivity contribution in [2.75, 3.05) is 6.54 Å². The van der Waals surface area contributed by atoms with Crippen molar-refractivity contribution in [3.8, 4) is 0 Å². The number of hydrogen-bond donors (Lipinski definition) is 2. The summed E-state index contributed by atoms with van der Waals surface area (Å²) in [4.78, 5) is 41.3. The van der Waals surface area contributed by atoms with Crippen LogP contribution in [0, 0.1) is 0 Å². The summed E-state index contributed by atoms with van der Waals surface area (Å²) in [5.41, 5.74) is 0.845. The molecule has 28 heavy (non-hydrogen) atoms. The summed E-state index contributed by atoms with van der Waals surface area (Å²) in [7, 11) is 0. The number of H-pyrrole nitrogens is 2. The Labute approximate surface area is 165 Å². The first-order valence-electron chi connectivity index (χ1n) is 8.92. The molecule has 0 radical (unpaired) electrons. The molecule has 7 nitrogen and oxygen atoms in total. The Morgan fingerprint density at radius 3 is 2.18 bits per heavy atom. The molecule has 0 amide bonds. The lowest BCUT2D eigenvalue weighted by Crippen LogP contribution is -2.27. The van der Waals surface area contributed by atoms with Gasteiger partial charge in [-0.1, -0.05) is 30.7 Å². The summed E-state index contributed by atoms with van der Waals surface area (Å²) in [6.45, 7) is 3.52. The van der Waals surface area contributed by atoms with E-state index < -0.39 is 0 Å². The Kier molecular flexibility index (Phi) is 4.93. The molecule has 8 heteroatoms. The number of hydrogen-bond acceptors (Lipinski definition) is 5. The number of rotatable bonds is 5. The molecule has 0 aliphatic rings. The van der Waals surface area contributed by atoms with Crippen molar-refractivity contribution in [2.45, 2.75) is 20.0 Å². The van der Waals surface area contributed by atoms with Gasteiger partial charge >= 0.3 is 0 Å². The highest BCUT2D eigenvalue weighted by molar-refractivity contribution is 6.31. The van der Waals surface area contributed by atoms with E-state index >= 15 is 0 Å². The maximum atomic E-state index is 12.3. The van der Waals surface area contributed by atoms with E-state index in [4.69, 9.17) is 11.6 Å². The van der Waals surface area contributed by atoms with E-state index in [0.717, 1.165) is 0 Å². The SMILES string of the molecule is CCN(Cc1nc2ccccc2c(=O)[nH]1)Cc1nc2cc(Cl)ccc2c(=O)[nH]1. The molecule has 0 saturated carbocycles. The molecule has 0 atom stereocenters. The molecular formula is C20H18ClN5O2. The third-order valence-corrected chi connectivity index (χ3v) is 4.81. The first-order valence-corrected chi connectivity index (χ1v) is 9.30. The molecule has 4 aromatic rings. The first kappa shape index (κ1) is 18.3. The van der Waals surface area contributed by atoms with Crippen LogP contribution in [0.1, 0.15) is 18.6 Å². The van der Waals surface area contributed by atoms with Crippen LogP contribution in [0.2, 0.25) is 5.02 Å². The lowest BCUT2D eigenvalue weighted by atomic mass is 10.2. The molecule has 2 N–H and O–H groups in total. The molecule has 2 heterocycles. The van der Waals surface area contributed by atoms with Gasteiger partial charge < -0.3 is 9.97 Å². The largest absolute Gasteiger partial charge is 0.309 e. The van der Waals surface area contributed by atoms with E-state index in [0.29, 0.717) is 58.1 Å². The number of aromatic nitrogens is 4. The molecule has 0 aliphatic heterocycles. The molecule has 0 bridgehead atoms. The number of aromatic amines is 2. The van der Waals surface area contributed by atoms with Gasteiger partial charge in [-0.2, -0.15) is 0 Å². The minimum absolute atomic E-state index is 0.163. The van der Waals surface area contributed by atoms with Gasteiger partial charge in [-0.15, -0.1) is 0 Å². The molecule has 142 valence electrons. The van der Waals surface area contributed by atoms with Crippen LogP contribution in [0.5, 0.6) is 0 Å². The zero-order chi connectivity index (χ0) is 19.7. The van der Waals surface area contributed by atoms with Gasteiger partial charge in [-0.25, -0.2) is 9.97 Å². The van der Waals surface area contributed by atoms with E-state index in [2.05, 4.69) is 19.9 Å². The number of halogens is 1. The van der Waals surface area contributed by atoms with Crippen LogP contribution >= 0.6 is 11.6 Å². The highest BCUT2D eigenvalue weighted by Gasteiger charge is 2.12. The number of nitrogens with zero attached hydrogens (tertiary/aromatic N) is 3. The second-order valence-corrected chi connectivity index (χ2v) is 6.94. The van der Waals surface area contributed by atoms with E-state index in [1.807, 2.05) is 30.0 Å². The second kappa shape index (κ2) is 7.53. The second-order valence-electron chi connectivity index (χ2n) is 6.51. The Balaban J connectivity index is 1.63. The minimum Gasteiger partial charge on any atom is -0.309 e. The van der Waals surface area contributed by atoms with Crippen LogP contribution in [-0.4, -0.2) is 31.4 Å². The van der Waals surface area contributed by atoms with Gasteiger partial charge in [-0.05, 0) is 36.9 Å². The van der Waals surface area contributed by atoms with Crippen molar-refractivity contribution >= 4 is 33.4 Å². The lowest BCUT2D eigenvalue weighted by Gasteiger charge is -2.19. The standard InChI is InChI=1S/C20H18ClN5O2/c1-2-26(10-17-22-15-6-4-3-5-13(15)19(27)24-17)11-18-23-16-9-12(21)7-8-14(16)20(28)25-18/h3-9H,2,10-11H2,1H3,(H,22,24,27)(H,23,25,28). The van der Waals surface area contributed by atoms with Gasteiger partial charge in [0.2, 0.25) is 0 Å². The molecular weight excluding hydrogens is 378 g/mol. The van der Waals surface area contributed by atoms with E-state index in [1.165, 1.54) is 0 Å². The van der Waals surface area contributed by atoms with Crippen LogP contribution in [-0.2, 0) is 13.1 Å². The van der Waals surface area contributed by atoms with Crippen LogP contribution < -0.4 is 11.1 Å². The number of benzene rings is 2. The third kappa shape index (κ3) is 3.67. The summed E-state index contributed by atoms with van der Waals surface area (Å²) in [6.07, 6.45) is 0. The average molecular weight is 396 g/mol. The summed E-state index contributed by atoms with van der Waals surface area (Å²) in [5.74, 6) is 1.10. The van der Waals surface area contributed by atoms with Gasteiger partial charge in [0.25, 0.3) is 11.1 Å². The number of para-hydroxylation sites is 1. The van der Waals surface area contributed by atoms with Crippen LogP contribution in [0.15, 0.2) is 52.1 Å². The topological polar surface area (TPSA) is 94.7 Å². The average Bonchev–Trinajstić information content (AvgIpc) is 2.67. The number of fused-ring (bicyclic) bond motifs is 2. The van der Waals surface area contributed by atoms with E-state index in [1.54, 1.807) is 24.3 Å². The summed E-state index contributed by atoms with van der Waals surface area (Å²) >= 11 is 6.02. The fourth-order valence-electron chi connectivity index (χ4n) is 3.15. The fourth-order valence-corrected chi connectivity index (χ4v) is 3.32. The van der Waals surface area contributed by atoms with Crippen molar-refractivity contribution < 1.29 is 0 Å².